The van der Waals surface area contributed by atoms with Crippen LogP contribution in [0.1, 0.15) is 24.3 Å². The molecule has 0 aromatic heterocycles. The van der Waals surface area contributed by atoms with Gasteiger partial charge < -0.3 is 9.84 Å². The molecule has 1 saturated carbocycles. The highest BCUT2D eigenvalue weighted by atomic mass is 79.9. The molecule has 11 nitrogen and oxygen atoms in total. The predicted octanol–water partition coefficient (Wildman–Crippen LogP) is 4.99. The molecule has 2 heterocycles. The van der Waals surface area contributed by atoms with Crippen LogP contribution in [-0.4, -0.2) is 60.9 Å². The zero-order valence-corrected chi connectivity index (χ0v) is 26.8. The van der Waals surface area contributed by atoms with Crippen LogP contribution in [0.15, 0.2) is 52.5 Å². The van der Waals surface area contributed by atoms with Crippen molar-refractivity contribution < 1.29 is 33.9 Å². The zero-order chi connectivity index (χ0) is 31.2. The molecule has 1 N–H and O–H groups in total. The van der Waals surface area contributed by atoms with Gasteiger partial charge in [-0.3, -0.25) is 34.2 Å². The first-order valence-electron chi connectivity index (χ1n) is 13.0. The maximum Gasteiger partial charge on any atom is 0.271 e. The van der Waals surface area contributed by atoms with E-state index in [0.717, 1.165) is 15.9 Å². The van der Waals surface area contributed by atoms with E-state index in [9.17, 15) is 34.4 Å². The third-order valence-electron chi connectivity index (χ3n) is 8.92. The van der Waals surface area contributed by atoms with Crippen molar-refractivity contribution in [3.63, 3.8) is 0 Å². The number of allylic oxidation sites excluding steroid dienone is 2. The van der Waals surface area contributed by atoms with Crippen molar-refractivity contribution in [2.45, 2.75) is 28.5 Å². The molecule has 43 heavy (non-hydrogen) atoms. The Morgan fingerprint density at radius 3 is 2.49 bits per heavy atom. The van der Waals surface area contributed by atoms with Gasteiger partial charge in [0.2, 0.25) is 11.8 Å². The number of imide groups is 2. The van der Waals surface area contributed by atoms with Gasteiger partial charge in [0.1, 0.15) is 0 Å². The number of halogens is 4. The smallest absolute Gasteiger partial charge is 0.271 e. The number of aromatic hydroxyl groups is 1. The number of nitrogens with zero attached hydrogens (tertiary/aromatic N) is 3. The van der Waals surface area contributed by atoms with Gasteiger partial charge in [-0.05, 0) is 58.5 Å². The molecule has 3 fully saturated rings. The number of nitro groups is 1. The Kier molecular flexibility index (Phi) is 7.19. The summed E-state index contributed by atoms with van der Waals surface area (Å²) < 4.78 is 5.58. The number of hydrogen-bond acceptors (Lipinski definition) is 8. The Balaban J connectivity index is 1.53. The number of alkyl halides is 3. The van der Waals surface area contributed by atoms with Crippen molar-refractivity contribution in [3.05, 3.63) is 68.2 Å². The third kappa shape index (κ3) is 3.97. The van der Waals surface area contributed by atoms with Gasteiger partial charge in [0.15, 0.2) is 21.2 Å². The van der Waals surface area contributed by atoms with Crippen LogP contribution >= 0.6 is 55.1 Å². The minimum absolute atomic E-state index is 0.0598. The molecule has 6 rings (SSSR count). The van der Waals surface area contributed by atoms with Crippen LogP contribution in [0.5, 0.6) is 11.5 Å². The number of hydrogen-bond donors (Lipinski definition) is 1. The normalized spacial score (nSPS) is 31.5. The minimum atomic E-state index is -2.03. The van der Waals surface area contributed by atoms with Crippen LogP contribution in [0.4, 0.5) is 11.4 Å². The second-order valence-corrected chi connectivity index (χ2v) is 13.4. The van der Waals surface area contributed by atoms with E-state index in [1.807, 2.05) is 0 Å². The number of carbonyl (C=O) groups is 4. The van der Waals surface area contributed by atoms with Crippen LogP contribution in [-0.2, 0) is 19.2 Å². The Hall–Kier alpha value is -3.00. The van der Waals surface area contributed by atoms with Gasteiger partial charge in [-0.1, -0.05) is 33.6 Å². The molecule has 224 valence electrons. The van der Waals surface area contributed by atoms with Gasteiger partial charge in [0.25, 0.3) is 17.5 Å². The van der Waals surface area contributed by atoms with Gasteiger partial charge in [0, 0.05) is 18.1 Å². The number of phenolic OH excluding ortho intramolecular Hbond substituents is 1. The van der Waals surface area contributed by atoms with Crippen molar-refractivity contribution in [2.75, 3.05) is 17.5 Å². The number of likely N-dealkylation sites (tertiary alicyclic amines) is 1. The van der Waals surface area contributed by atoms with Crippen molar-refractivity contribution in [1.82, 2.24) is 4.90 Å². The average molecular weight is 758 g/mol. The number of nitro benzene ring substituents is 1. The molecule has 2 aliphatic heterocycles. The molecule has 6 atom stereocenters. The average Bonchev–Trinajstić information content (AvgIpc) is 3.32. The Morgan fingerprint density at radius 1 is 1.12 bits per heavy atom. The minimum Gasteiger partial charge on any atom is -0.503 e. The lowest BCUT2D eigenvalue weighted by molar-refractivity contribution is -0.384. The summed E-state index contributed by atoms with van der Waals surface area (Å²) >= 11 is 20.9. The quantitative estimate of drug-likeness (QED) is 0.112. The highest BCUT2D eigenvalue weighted by Gasteiger charge is 2.76. The summed E-state index contributed by atoms with van der Waals surface area (Å²) in [6.45, 7) is 0. The number of carbonyl (C=O) groups excluding carboxylic acids is 4. The number of ether oxygens (including phenoxy) is 1. The number of methoxy groups -OCH3 is 1. The Morgan fingerprint density at radius 2 is 1.84 bits per heavy atom. The van der Waals surface area contributed by atoms with Crippen LogP contribution in [0.25, 0.3) is 0 Å². The molecule has 0 bridgehead atoms. The van der Waals surface area contributed by atoms with Crippen LogP contribution in [0.3, 0.4) is 0 Å². The lowest BCUT2D eigenvalue weighted by Crippen LogP contribution is -2.60. The lowest BCUT2D eigenvalue weighted by Gasteiger charge is -2.50. The standard InChI is InChI=1S/C28H21Br2Cl2N3O8/c1-43-19-8-12(7-18(30)22(19)36)21-15-5-6-16-20(17(15)10-27(31)25(39)33(11-29)26(40)28(21,27)32)24(38)34(23(16)37)13-3-2-4-14(9-13)35(41)42/h2-5,7-9,16-17,20-21,36H,6,10-11H2,1H3. The first-order valence-corrected chi connectivity index (χ1v) is 15.7. The Labute approximate surface area is 271 Å². The van der Waals surface area contributed by atoms with E-state index in [1.165, 1.54) is 31.4 Å². The molecular weight excluding hydrogens is 737 g/mol. The number of non-ortho nitro benzene ring substituents is 1. The molecule has 0 spiro atoms. The van der Waals surface area contributed by atoms with Gasteiger partial charge in [-0.15, -0.1) is 23.2 Å². The maximum atomic E-state index is 14.1. The van der Waals surface area contributed by atoms with E-state index in [1.54, 1.807) is 12.1 Å². The second-order valence-electron chi connectivity index (χ2n) is 10.8. The van der Waals surface area contributed by atoms with E-state index in [4.69, 9.17) is 27.9 Å². The number of fused-ring (bicyclic) bond motifs is 4. The molecule has 4 amide bonds. The first kappa shape index (κ1) is 30.0. The number of amides is 4. The first-order chi connectivity index (χ1) is 20.3. The summed E-state index contributed by atoms with van der Waals surface area (Å²) in [5.74, 6) is -6.38. The van der Waals surface area contributed by atoms with Crippen LogP contribution in [0.2, 0.25) is 0 Å². The predicted molar refractivity (Wildman–Crippen MR) is 161 cm³/mol. The fourth-order valence-electron chi connectivity index (χ4n) is 7.04. The summed E-state index contributed by atoms with van der Waals surface area (Å²) in [5.41, 5.74) is 0.543. The molecule has 0 radical (unpaired) electrons. The molecule has 2 aliphatic carbocycles. The van der Waals surface area contributed by atoms with E-state index in [2.05, 4.69) is 31.9 Å². The highest BCUT2D eigenvalue weighted by molar-refractivity contribution is 9.10. The molecular formula is C28H21Br2Cl2N3O8. The molecule has 15 heteroatoms. The van der Waals surface area contributed by atoms with Gasteiger partial charge in [-0.2, -0.15) is 0 Å². The van der Waals surface area contributed by atoms with E-state index in [0.29, 0.717) is 11.1 Å². The largest absolute Gasteiger partial charge is 0.503 e. The highest BCUT2D eigenvalue weighted by Crippen LogP contribution is 2.66. The van der Waals surface area contributed by atoms with Crippen molar-refractivity contribution >= 4 is 90.1 Å². The molecule has 6 unspecified atom stereocenters. The molecule has 2 aromatic carbocycles. The third-order valence-corrected chi connectivity index (χ3v) is 11.4. The number of phenols is 1. The number of anilines is 1. The van der Waals surface area contributed by atoms with Gasteiger partial charge in [-0.25, -0.2) is 4.90 Å². The van der Waals surface area contributed by atoms with Crippen molar-refractivity contribution in [3.8, 4) is 11.5 Å². The molecule has 2 aromatic rings. The second kappa shape index (κ2) is 10.3. The maximum absolute atomic E-state index is 14.1. The Bertz CT molecular complexity index is 1690. The summed E-state index contributed by atoms with van der Waals surface area (Å²) in [5, 5.41) is 21.9. The fourth-order valence-corrected chi connectivity index (χ4v) is 8.93. The van der Waals surface area contributed by atoms with Gasteiger partial charge >= 0.3 is 0 Å². The SMILES string of the molecule is COc1cc(C2C3=CCC4C(=O)N(c5cccc([N+](=O)[O-])c5)C(=O)C4C3CC3(Cl)C(=O)N(CBr)C(=O)C23Cl)cc(Br)c1O. The van der Waals surface area contributed by atoms with E-state index >= 15 is 0 Å². The van der Waals surface area contributed by atoms with Gasteiger partial charge in [0.05, 0.1) is 39.5 Å². The molecule has 2 saturated heterocycles. The number of rotatable bonds is 5. The molecule has 4 aliphatic rings. The summed E-state index contributed by atoms with van der Waals surface area (Å²) in [6.07, 6.45) is 1.67. The van der Waals surface area contributed by atoms with Crippen LogP contribution < -0.4 is 9.64 Å². The zero-order valence-electron chi connectivity index (χ0n) is 22.1. The monoisotopic (exact) mass is 755 g/mol. The summed E-state index contributed by atoms with van der Waals surface area (Å²) in [6, 6.07) is 8.29. The number of benzene rings is 2. The lowest BCUT2D eigenvalue weighted by atomic mass is 9.56. The van der Waals surface area contributed by atoms with E-state index in [-0.39, 0.29) is 45.6 Å². The van der Waals surface area contributed by atoms with E-state index < -0.39 is 62.0 Å². The van der Waals surface area contributed by atoms with Crippen LogP contribution in [0, 0.1) is 27.9 Å². The van der Waals surface area contributed by atoms with Crippen molar-refractivity contribution in [1.29, 1.82) is 0 Å². The topological polar surface area (TPSA) is 147 Å². The fraction of sp³-hybridized carbons (Fsp3) is 0.357. The summed E-state index contributed by atoms with van der Waals surface area (Å²) in [4.78, 5) is 64.0. The van der Waals surface area contributed by atoms with Crippen molar-refractivity contribution in [2.24, 2.45) is 17.8 Å². The summed E-state index contributed by atoms with van der Waals surface area (Å²) in [7, 11) is 1.35.